The molecule has 2 amide bonds. The van der Waals surface area contributed by atoms with Gasteiger partial charge in [-0.2, -0.15) is 4.37 Å². The summed E-state index contributed by atoms with van der Waals surface area (Å²) in [5.41, 5.74) is 3.36. The van der Waals surface area contributed by atoms with Crippen molar-refractivity contribution in [1.29, 1.82) is 0 Å². The number of benzene rings is 2. The van der Waals surface area contributed by atoms with Crippen LogP contribution in [0.3, 0.4) is 0 Å². The number of aromatic nitrogens is 2. The first-order valence-electron chi connectivity index (χ1n) is 13.1. The number of amides is 2. The number of halogens is 3. The lowest BCUT2D eigenvalue weighted by atomic mass is 9.80. The van der Waals surface area contributed by atoms with Gasteiger partial charge in [0.2, 0.25) is 0 Å². The zero-order valence-electron chi connectivity index (χ0n) is 21.2. The molecule has 1 N–H and O–H groups in total. The fourth-order valence-electron chi connectivity index (χ4n) is 5.69. The summed E-state index contributed by atoms with van der Waals surface area (Å²) in [5.74, 6) is -2.47. The number of carbonyl (C=O) groups excluding carboxylic acids is 1. The van der Waals surface area contributed by atoms with Crippen LogP contribution >= 0.6 is 11.5 Å². The summed E-state index contributed by atoms with van der Waals surface area (Å²) in [6.45, 7) is 2.95. The fraction of sp³-hybridized carbons (Fsp3) is 0.464. The lowest BCUT2D eigenvalue weighted by Crippen LogP contribution is -2.38. The first-order valence-corrected chi connectivity index (χ1v) is 13.8. The van der Waals surface area contributed by atoms with Crippen molar-refractivity contribution in [3.8, 4) is 0 Å². The Hall–Kier alpha value is -2.98. The molecule has 200 valence electrons. The second kappa shape index (κ2) is 9.64. The maximum absolute atomic E-state index is 14.6. The summed E-state index contributed by atoms with van der Waals surface area (Å²) in [6, 6.07) is 11.0. The lowest BCUT2D eigenvalue weighted by Gasteiger charge is -2.28. The van der Waals surface area contributed by atoms with E-state index in [1.807, 2.05) is 18.2 Å². The Balaban J connectivity index is 1.25. The van der Waals surface area contributed by atoms with Crippen LogP contribution < -0.4 is 5.32 Å². The molecule has 3 aliphatic rings. The molecule has 0 bridgehead atoms. The van der Waals surface area contributed by atoms with Crippen molar-refractivity contribution in [2.24, 2.45) is 0 Å². The van der Waals surface area contributed by atoms with Gasteiger partial charge >= 0.3 is 6.03 Å². The van der Waals surface area contributed by atoms with E-state index in [0.717, 1.165) is 34.5 Å². The van der Waals surface area contributed by atoms with E-state index in [1.54, 1.807) is 28.9 Å². The van der Waals surface area contributed by atoms with Gasteiger partial charge in [-0.1, -0.05) is 24.3 Å². The zero-order valence-corrected chi connectivity index (χ0v) is 22.0. The zero-order chi connectivity index (χ0) is 26.5. The highest BCUT2D eigenvalue weighted by Crippen LogP contribution is 2.43. The number of urea groups is 1. The minimum absolute atomic E-state index is 0.143. The van der Waals surface area contributed by atoms with E-state index in [0.29, 0.717) is 49.8 Å². The van der Waals surface area contributed by atoms with Crippen molar-refractivity contribution in [2.75, 3.05) is 31.5 Å². The second-order valence-electron chi connectivity index (χ2n) is 10.9. The van der Waals surface area contributed by atoms with E-state index in [4.69, 9.17) is 0 Å². The van der Waals surface area contributed by atoms with Gasteiger partial charge in [0, 0.05) is 38.3 Å². The topological polar surface area (TPSA) is 61.4 Å². The van der Waals surface area contributed by atoms with Crippen LogP contribution in [0.25, 0.3) is 0 Å². The maximum Gasteiger partial charge on any atom is 0.321 e. The average molecular weight is 542 g/mol. The molecule has 6 nitrogen and oxygen atoms in total. The van der Waals surface area contributed by atoms with Crippen LogP contribution in [0, 0.1) is 12.7 Å². The molecule has 0 unspecified atom stereocenters. The van der Waals surface area contributed by atoms with Gasteiger partial charge in [-0.15, -0.1) is 0 Å². The fourth-order valence-corrected chi connectivity index (χ4v) is 6.43. The molecule has 1 atom stereocenters. The van der Waals surface area contributed by atoms with Crippen molar-refractivity contribution in [3.63, 3.8) is 0 Å². The lowest BCUT2D eigenvalue weighted by molar-refractivity contribution is 0.0115. The van der Waals surface area contributed by atoms with Crippen LogP contribution in [0.15, 0.2) is 42.7 Å². The Morgan fingerprint density at radius 2 is 1.97 bits per heavy atom. The highest BCUT2D eigenvalue weighted by Gasteiger charge is 2.45. The minimum Gasteiger partial charge on any atom is -0.323 e. The summed E-state index contributed by atoms with van der Waals surface area (Å²) in [4.78, 5) is 21.5. The third kappa shape index (κ3) is 4.91. The number of rotatable bonds is 6. The number of carbonyl (C=O) groups is 1. The average Bonchev–Trinajstić information content (AvgIpc) is 3.25. The van der Waals surface area contributed by atoms with E-state index >= 15 is 0 Å². The van der Waals surface area contributed by atoms with Crippen molar-refractivity contribution >= 4 is 23.3 Å². The van der Waals surface area contributed by atoms with Gasteiger partial charge in [-0.05, 0) is 78.0 Å². The van der Waals surface area contributed by atoms with Crippen LogP contribution in [-0.4, -0.2) is 57.3 Å². The molecule has 3 heterocycles. The summed E-state index contributed by atoms with van der Waals surface area (Å²) in [7, 11) is 0. The molecule has 1 aliphatic carbocycles. The molecule has 2 aliphatic heterocycles. The predicted octanol–water partition coefficient (Wildman–Crippen LogP) is 5.93. The molecule has 1 aromatic heterocycles. The van der Waals surface area contributed by atoms with E-state index in [-0.39, 0.29) is 24.8 Å². The standard InChI is InChI=1S/C28H30F3N5OS/c1-18-2-7-22(13-23(18)29)27(25-32-17-33-38-25)8-11-36(15-27)26(37)34-24-12-20(19-3-4-19)5-6-21(24)14-35-10-9-28(30,31)16-35/h2,5-7,12-13,17,19H,3-4,8-11,14-16H2,1H3,(H,34,37)/t27-/m0/s1. The minimum atomic E-state index is -2.67. The Labute approximate surface area is 224 Å². The summed E-state index contributed by atoms with van der Waals surface area (Å²) in [5, 5.41) is 3.84. The Bertz CT molecular complexity index is 1350. The van der Waals surface area contributed by atoms with Crippen molar-refractivity contribution < 1.29 is 18.0 Å². The number of alkyl halides is 2. The van der Waals surface area contributed by atoms with Crippen molar-refractivity contribution in [2.45, 2.75) is 56.4 Å². The third-order valence-corrected chi connectivity index (χ3v) is 8.99. The molecule has 2 saturated heterocycles. The SMILES string of the molecule is Cc1ccc([C@]2(c3ncns3)CCN(C(=O)Nc3cc(C4CC4)ccc3CN3CCC(F)(F)C3)C2)cc1F. The Morgan fingerprint density at radius 3 is 2.66 bits per heavy atom. The number of anilines is 1. The summed E-state index contributed by atoms with van der Waals surface area (Å²) in [6.07, 6.45) is 4.18. The normalized spacial score (nSPS) is 23.2. The van der Waals surface area contributed by atoms with E-state index in [1.165, 1.54) is 17.9 Å². The molecule has 0 spiro atoms. The van der Waals surface area contributed by atoms with E-state index < -0.39 is 11.3 Å². The van der Waals surface area contributed by atoms with Crippen LogP contribution in [0.4, 0.5) is 23.7 Å². The van der Waals surface area contributed by atoms with Gasteiger partial charge in [0.05, 0.1) is 12.0 Å². The molecule has 10 heteroatoms. The number of nitrogens with one attached hydrogen (secondary N) is 1. The van der Waals surface area contributed by atoms with Gasteiger partial charge in [-0.3, -0.25) is 4.90 Å². The molecule has 38 heavy (non-hydrogen) atoms. The molecule has 3 fully saturated rings. The largest absolute Gasteiger partial charge is 0.323 e. The number of likely N-dealkylation sites (tertiary alicyclic amines) is 2. The molecular formula is C28H30F3N5OS. The van der Waals surface area contributed by atoms with Crippen molar-refractivity contribution in [3.05, 3.63) is 75.8 Å². The van der Waals surface area contributed by atoms with Crippen LogP contribution in [0.1, 0.15) is 58.9 Å². The molecule has 2 aromatic carbocycles. The highest BCUT2D eigenvalue weighted by atomic mass is 32.1. The van der Waals surface area contributed by atoms with Gasteiger partial charge in [0.25, 0.3) is 5.92 Å². The molecule has 0 radical (unpaired) electrons. The third-order valence-electron chi connectivity index (χ3n) is 8.12. The maximum atomic E-state index is 14.6. The number of hydrogen-bond donors (Lipinski definition) is 1. The smallest absolute Gasteiger partial charge is 0.321 e. The van der Waals surface area contributed by atoms with E-state index in [2.05, 4.69) is 20.7 Å². The van der Waals surface area contributed by atoms with Crippen LogP contribution in [0.5, 0.6) is 0 Å². The van der Waals surface area contributed by atoms with Gasteiger partial charge in [-0.25, -0.2) is 22.9 Å². The number of nitrogens with zero attached hydrogens (tertiary/aromatic N) is 4. The quantitative estimate of drug-likeness (QED) is 0.420. The van der Waals surface area contributed by atoms with E-state index in [9.17, 15) is 18.0 Å². The van der Waals surface area contributed by atoms with Crippen LogP contribution in [0.2, 0.25) is 0 Å². The first kappa shape index (κ1) is 25.3. The van der Waals surface area contributed by atoms with Gasteiger partial charge < -0.3 is 10.2 Å². The molecule has 3 aromatic rings. The number of hydrogen-bond acceptors (Lipinski definition) is 5. The molecular weight excluding hydrogens is 511 g/mol. The van der Waals surface area contributed by atoms with Gasteiger partial charge in [0.1, 0.15) is 17.2 Å². The van der Waals surface area contributed by atoms with Crippen molar-refractivity contribution in [1.82, 2.24) is 19.2 Å². The van der Waals surface area contributed by atoms with Crippen LogP contribution in [-0.2, 0) is 12.0 Å². The Kier molecular flexibility index (Phi) is 6.42. The molecule has 6 rings (SSSR count). The predicted molar refractivity (Wildman–Crippen MR) is 140 cm³/mol. The number of aryl methyl sites for hydroxylation is 1. The summed E-state index contributed by atoms with van der Waals surface area (Å²) < 4.78 is 46.4. The second-order valence-corrected chi connectivity index (χ2v) is 11.7. The first-order chi connectivity index (χ1) is 18.2. The Morgan fingerprint density at radius 1 is 1.13 bits per heavy atom. The monoisotopic (exact) mass is 541 g/mol. The van der Waals surface area contributed by atoms with Gasteiger partial charge in [0.15, 0.2) is 0 Å². The highest BCUT2D eigenvalue weighted by molar-refractivity contribution is 7.05. The summed E-state index contributed by atoms with van der Waals surface area (Å²) >= 11 is 1.27. The molecule has 1 saturated carbocycles.